The third kappa shape index (κ3) is 4.81. The molecule has 0 aromatic carbocycles. The summed E-state index contributed by atoms with van der Waals surface area (Å²) in [5.41, 5.74) is 1.67. The number of nitrogens with one attached hydrogen (secondary N) is 1. The van der Waals surface area contributed by atoms with E-state index >= 15 is 0 Å². The summed E-state index contributed by atoms with van der Waals surface area (Å²) in [6, 6.07) is 0.572. The van der Waals surface area contributed by atoms with Crippen molar-refractivity contribution in [3.05, 3.63) is 18.0 Å². The fraction of sp³-hybridized carbons (Fsp3) is 0.800. The molecule has 0 aliphatic rings. The molecule has 1 atom stereocenters. The zero-order valence-electron chi connectivity index (χ0n) is 12.7. The van der Waals surface area contributed by atoms with Crippen molar-refractivity contribution in [2.24, 2.45) is 5.41 Å². The first-order chi connectivity index (χ1) is 8.47. The van der Waals surface area contributed by atoms with Crippen LogP contribution in [0.5, 0.6) is 0 Å². The quantitative estimate of drug-likeness (QED) is 0.806. The Balaban J connectivity index is 2.50. The first-order valence-corrected chi connectivity index (χ1v) is 7.22. The normalized spacial score (nSPS) is 13.8. The molecule has 1 rings (SSSR count). The molecule has 0 saturated heterocycles. The molecule has 3 heteroatoms. The molecule has 0 saturated carbocycles. The predicted octanol–water partition coefficient (Wildman–Crippen LogP) is 3.25. The van der Waals surface area contributed by atoms with Crippen LogP contribution < -0.4 is 5.32 Å². The standard InChI is InChI=1S/C15H29N3/c1-6-10-16-14(15(3,4)5)9-8-13-11-17-18(7-2)12-13/h11-12,14,16H,6-10H2,1-5H3. The van der Waals surface area contributed by atoms with Crippen LogP contribution in [0.2, 0.25) is 0 Å². The van der Waals surface area contributed by atoms with Gasteiger partial charge in [-0.3, -0.25) is 4.68 Å². The first-order valence-electron chi connectivity index (χ1n) is 7.22. The van der Waals surface area contributed by atoms with Crippen LogP contribution in [0.1, 0.15) is 53.0 Å². The van der Waals surface area contributed by atoms with Crippen molar-refractivity contribution >= 4 is 0 Å². The molecule has 0 aliphatic heterocycles. The van der Waals surface area contributed by atoms with Crippen LogP contribution >= 0.6 is 0 Å². The predicted molar refractivity (Wildman–Crippen MR) is 77.8 cm³/mol. The smallest absolute Gasteiger partial charge is 0.0521 e. The summed E-state index contributed by atoms with van der Waals surface area (Å²) in [6.45, 7) is 13.4. The van der Waals surface area contributed by atoms with Gasteiger partial charge in [0.25, 0.3) is 0 Å². The second-order valence-electron chi connectivity index (χ2n) is 6.12. The molecule has 0 aliphatic carbocycles. The lowest BCUT2D eigenvalue weighted by atomic mass is 9.83. The monoisotopic (exact) mass is 251 g/mol. The average molecular weight is 251 g/mol. The molecule has 1 unspecified atom stereocenters. The topological polar surface area (TPSA) is 29.9 Å². The Morgan fingerprint density at radius 3 is 2.56 bits per heavy atom. The Bertz CT molecular complexity index is 336. The van der Waals surface area contributed by atoms with Gasteiger partial charge < -0.3 is 5.32 Å². The van der Waals surface area contributed by atoms with Crippen LogP contribution in [-0.2, 0) is 13.0 Å². The maximum absolute atomic E-state index is 4.33. The number of aromatic nitrogens is 2. The van der Waals surface area contributed by atoms with Gasteiger partial charge >= 0.3 is 0 Å². The van der Waals surface area contributed by atoms with Crippen LogP contribution in [0.4, 0.5) is 0 Å². The van der Waals surface area contributed by atoms with E-state index in [1.165, 1.54) is 18.4 Å². The first kappa shape index (κ1) is 15.2. The number of hydrogen-bond donors (Lipinski definition) is 1. The van der Waals surface area contributed by atoms with Crippen molar-refractivity contribution in [3.63, 3.8) is 0 Å². The van der Waals surface area contributed by atoms with E-state index in [0.29, 0.717) is 11.5 Å². The van der Waals surface area contributed by atoms with Crippen molar-refractivity contribution in [1.82, 2.24) is 15.1 Å². The fourth-order valence-corrected chi connectivity index (χ4v) is 2.18. The van der Waals surface area contributed by atoms with Gasteiger partial charge in [-0.15, -0.1) is 0 Å². The van der Waals surface area contributed by atoms with E-state index in [-0.39, 0.29) is 0 Å². The molecule has 1 aromatic heterocycles. The molecular weight excluding hydrogens is 222 g/mol. The highest BCUT2D eigenvalue weighted by atomic mass is 15.3. The maximum Gasteiger partial charge on any atom is 0.0521 e. The molecule has 3 nitrogen and oxygen atoms in total. The minimum atomic E-state index is 0.315. The molecule has 0 amide bonds. The van der Waals surface area contributed by atoms with Crippen LogP contribution in [-0.4, -0.2) is 22.4 Å². The summed E-state index contributed by atoms with van der Waals surface area (Å²) in [6.07, 6.45) is 7.65. The number of hydrogen-bond acceptors (Lipinski definition) is 2. The lowest BCUT2D eigenvalue weighted by Crippen LogP contribution is -2.41. The van der Waals surface area contributed by atoms with Crippen molar-refractivity contribution in [2.45, 2.75) is 66.5 Å². The van der Waals surface area contributed by atoms with E-state index in [2.05, 4.69) is 51.2 Å². The van der Waals surface area contributed by atoms with Gasteiger partial charge in [-0.05, 0) is 43.7 Å². The largest absolute Gasteiger partial charge is 0.313 e. The fourth-order valence-electron chi connectivity index (χ4n) is 2.18. The van der Waals surface area contributed by atoms with Gasteiger partial charge in [-0.1, -0.05) is 27.7 Å². The third-order valence-corrected chi connectivity index (χ3v) is 3.42. The van der Waals surface area contributed by atoms with Crippen LogP contribution in [0.15, 0.2) is 12.4 Å². The van der Waals surface area contributed by atoms with Gasteiger partial charge in [-0.2, -0.15) is 5.10 Å². The molecule has 1 N–H and O–H groups in total. The van der Waals surface area contributed by atoms with Gasteiger partial charge in [-0.25, -0.2) is 0 Å². The zero-order valence-corrected chi connectivity index (χ0v) is 12.7. The van der Waals surface area contributed by atoms with Crippen molar-refractivity contribution in [2.75, 3.05) is 6.54 Å². The Morgan fingerprint density at radius 2 is 2.06 bits per heavy atom. The second kappa shape index (κ2) is 6.93. The highest BCUT2D eigenvalue weighted by Crippen LogP contribution is 2.23. The van der Waals surface area contributed by atoms with Crippen LogP contribution in [0.3, 0.4) is 0 Å². The van der Waals surface area contributed by atoms with Gasteiger partial charge in [0.2, 0.25) is 0 Å². The Labute approximate surface area is 112 Å². The molecular formula is C15H29N3. The van der Waals surface area contributed by atoms with E-state index in [1.54, 1.807) is 0 Å². The SMILES string of the molecule is CCCNC(CCc1cnn(CC)c1)C(C)(C)C. The summed E-state index contributed by atoms with van der Waals surface area (Å²) in [5, 5.41) is 8.01. The van der Waals surface area contributed by atoms with Gasteiger partial charge in [0.1, 0.15) is 0 Å². The van der Waals surface area contributed by atoms with E-state index in [4.69, 9.17) is 0 Å². The van der Waals surface area contributed by atoms with E-state index in [9.17, 15) is 0 Å². The second-order valence-corrected chi connectivity index (χ2v) is 6.12. The number of nitrogens with zero attached hydrogens (tertiary/aromatic N) is 2. The van der Waals surface area contributed by atoms with E-state index < -0.39 is 0 Å². The Kier molecular flexibility index (Phi) is 5.86. The number of rotatable bonds is 7. The van der Waals surface area contributed by atoms with Gasteiger partial charge in [0, 0.05) is 18.8 Å². The van der Waals surface area contributed by atoms with Gasteiger partial charge in [0.15, 0.2) is 0 Å². The summed E-state index contributed by atoms with van der Waals surface area (Å²) < 4.78 is 2.00. The highest BCUT2D eigenvalue weighted by molar-refractivity contribution is 5.04. The molecule has 1 heterocycles. The van der Waals surface area contributed by atoms with Gasteiger partial charge in [0.05, 0.1) is 6.20 Å². The number of aryl methyl sites for hydroxylation is 2. The molecule has 104 valence electrons. The van der Waals surface area contributed by atoms with E-state index in [1.807, 2.05) is 10.9 Å². The lowest BCUT2D eigenvalue weighted by Gasteiger charge is -2.31. The summed E-state index contributed by atoms with van der Waals surface area (Å²) in [4.78, 5) is 0. The Hall–Kier alpha value is -0.830. The van der Waals surface area contributed by atoms with Crippen molar-refractivity contribution < 1.29 is 0 Å². The summed E-state index contributed by atoms with van der Waals surface area (Å²) in [5.74, 6) is 0. The molecule has 1 aromatic rings. The lowest BCUT2D eigenvalue weighted by molar-refractivity contribution is 0.255. The molecule has 18 heavy (non-hydrogen) atoms. The Morgan fingerprint density at radius 1 is 1.33 bits per heavy atom. The van der Waals surface area contributed by atoms with E-state index in [0.717, 1.165) is 19.5 Å². The maximum atomic E-state index is 4.33. The molecule has 0 fully saturated rings. The zero-order chi connectivity index (χ0) is 13.6. The minimum Gasteiger partial charge on any atom is -0.313 e. The minimum absolute atomic E-state index is 0.315. The summed E-state index contributed by atoms with van der Waals surface area (Å²) in [7, 11) is 0. The van der Waals surface area contributed by atoms with Crippen molar-refractivity contribution in [3.8, 4) is 0 Å². The van der Waals surface area contributed by atoms with Crippen LogP contribution in [0, 0.1) is 5.41 Å². The van der Waals surface area contributed by atoms with Crippen LogP contribution in [0.25, 0.3) is 0 Å². The highest BCUT2D eigenvalue weighted by Gasteiger charge is 2.23. The molecule has 0 bridgehead atoms. The van der Waals surface area contributed by atoms with Crippen molar-refractivity contribution in [1.29, 1.82) is 0 Å². The molecule has 0 spiro atoms. The average Bonchev–Trinajstić information content (AvgIpc) is 2.75. The summed E-state index contributed by atoms with van der Waals surface area (Å²) >= 11 is 0. The molecule has 0 radical (unpaired) electrons. The third-order valence-electron chi connectivity index (χ3n) is 3.42.